The van der Waals surface area contributed by atoms with E-state index >= 15 is 0 Å². The summed E-state index contributed by atoms with van der Waals surface area (Å²) < 4.78 is 4.87. The van der Waals surface area contributed by atoms with E-state index in [0.717, 1.165) is 37.8 Å². The molecule has 4 rings (SSSR count). The largest absolute Gasteiger partial charge is 0.353 e. The van der Waals surface area contributed by atoms with E-state index < -0.39 is 0 Å². The fraction of sp³-hybridized carbons (Fsp3) is 0.778. The molecule has 0 aliphatic carbocycles. The number of hydrogen-bond donors (Lipinski definition) is 0. The van der Waals surface area contributed by atoms with E-state index in [-0.39, 0.29) is 0 Å². The topological polar surface area (TPSA) is 71.2 Å². The molecule has 0 bridgehead atoms. The molecule has 7 nitrogen and oxygen atoms in total. The van der Waals surface area contributed by atoms with Gasteiger partial charge in [0.25, 0.3) is 0 Å². The van der Waals surface area contributed by atoms with E-state index in [1.165, 1.54) is 12.8 Å². The average molecular weight is 344 g/mol. The van der Waals surface area contributed by atoms with Gasteiger partial charge in [-0.05, 0) is 46.8 Å². The van der Waals surface area contributed by atoms with Gasteiger partial charge in [-0.2, -0.15) is 0 Å². The van der Waals surface area contributed by atoms with Gasteiger partial charge >= 0.3 is 0 Å². The van der Waals surface area contributed by atoms with Crippen LogP contribution in [0.15, 0.2) is 4.63 Å². The Labute approximate surface area is 148 Å². The van der Waals surface area contributed by atoms with Crippen LogP contribution in [0, 0.1) is 23.7 Å². The maximum atomic E-state index is 4.87. The van der Waals surface area contributed by atoms with Crippen molar-refractivity contribution in [1.29, 1.82) is 0 Å². The van der Waals surface area contributed by atoms with E-state index in [0.29, 0.717) is 35.0 Å². The first-order valence-electron chi connectivity index (χ1n) is 9.49. The second-order valence-corrected chi connectivity index (χ2v) is 8.48. The molecule has 2 aliphatic rings. The molecule has 0 amide bonds. The van der Waals surface area contributed by atoms with E-state index in [1.807, 2.05) is 0 Å². The summed E-state index contributed by atoms with van der Waals surface area (Å²) in [5.74, 6) is 4.52. The third-order valence-electron chi connectivity index (χ3n) is 5.41. The molecule has 0 spiro atoms. The lowest BCUT2D eigenvalue weighted by Gasteiger charge is -2.40. The second kappa shape index (κ2) is 6.42. The molecule has 0 N–H and O–H groups in total. The Bertz CT molecular complexity index is 666. The molecule has 4 heterocycles. The number of hydrogen-bond acceptors (Lipinski definition) is 7. The molecule has 2 aromatic rings. The van der Waals surface area contributed by atoms with Gasteiger partial charge < -0.3 is 9.80 Å². The smallest absolute Gasteiger partial charge is 0.245 e. The molecule has 0 radical (unpaired) electrons. The zero-order valence-corrected chi connectivity index (χ0v) is 15.6. The molecule has 25 heavy (non-hydrogen) atoms. The minimum Gasteiger partial charge on any atom is -0.353 e. The Kier molecular flexibility index (Phi) is 4.25. The van der Waals surface area contributed by atoms with Crippen molar-refractivity contribution in [3.63, 3.8) is 0 Å². The lowest BCUT2D eigenvalue weighted by atomic mass is 9.91. The normalized spacial score (nSPS) is 30.9. The molecule has 136 valence electrons. The van der Waals surface area contributed by atoms with Crippen LogP contribution in [0.2, 0.25) is 0 Å². The summed E-state index contributed by atoms with van der Waals surface area (Å²) in [5.41, 5.74) is 1.01. The quantitative estimate of drug-likeness (QED) is 0.829. The van der Waals surface area contributed by atoms with Crippen molar-refractivity contribution in [3.05, 3.63) is 0 Å². The minimum absolute atomic E-state index is 0.503. The van der Waals surface area contributed by atoms with Crippen molar-refractivity contribution in [1.82, 2.24) is 20.3 Å². The zero-order valence-electron chi connectivity index (χ0n) is 15.6. The molecule has 4 atom stereocenters. The molecule has 4 unspecified atom stereocenters. The van der Waals surface area contributed by atoms with Crippen molar-refractivity contribution in [2.45, 2.75) is 40.5 Å². The number of nitrogens with zero attached hydrogens (tertiary/aromatic N) is 6. The predicted octanol–water partition coefficient (Wildman–Crippen LogP) is 2.98. The summed E-state index contributed by atoms with van der Waals surface area (Å²) in [7, 11) is 0. The van der Waals surface area contributed by atoms with Crippen LogP contribution in [-0.4, -0.2) is 46.5 Å². The Morgan fingerprint density at radius 1 is 0.680 bits per heavy atom. The average Bonchev–Trinajstić information content (AvgIpc) is 2.99. The van der Waals surface area contributed by atoms with Gasteiger partial charge in [-0.15, -0.1) is 0 Å². The van der Waals surface area contributed by atoms with Crippen LogP contribution in [0.3, 0.4) is 0 Å². The van der Waals surface area contributed by atoms with Gasteiger partial charge in [-0.25, -0.2) is 14.6 Å². The van der Waals surface area contributed by atoms with Gasteiger partial charge in [0.1, 0.15) is 0 Å². The maximum absolute atomic E-state index is 4.87. The van der Waals surface area contributed by atoms with Gasteiger partial charge in [0, 0.05) is 26.2 Å². The number of rotatable bonds is 2. The molecule has 2 aliphatic heterocycles. The van der Waals surface area contributed by atoms with Crippen LogP contribution in [0.25, 0.3) is 11.3 Å². The fourth-order valence-corrected chi connectivity index (χ4v) is 4.72. The SMILES string of the molecule is CC1CC(C)CN(c2nc3nonc3nc2N2CC(C)CC(C)C2)C1. The first-order valence-corrected chi connectivity index (χ1v) is 9.49. The Hall–Kier alpha value is -1.92. The summed E-state index contributed by atoms with van der Waals surface area (Å²) in [4.78, 5) is 14.4. The lowest BCUT2D eigenvalue weighted by molar-refractivity contribution is 0.314. The van der Waals surface area contributed by atoms with Crippen molar-refractivity contribution in [2.24, 2.45) is 23.7 Å². The van der Waals surface area contributed by atoms with Crippen molar-refractivity contribution in [3.8, 4) is 0 Å². The third-order valence-corrected chi connectivity index (χ3v) is 5.41. The lowest BCUT2D eigenvalue weighted by Crippen LogP contribution is -2.43. The summed E-state index contributed by atoms with van der Waals surface area (Å²) in [5, 5.41) is 7.85. The summed E-state index contributed by atoms with van der Waals surface area (Å²) in [6.45, 7) is 13.3. The van der Waals surface area contributed by atoms with E-state index in [2.05, 4.69) is 47.8 Å². The number of piperidine rings is 2. The van der Waals surface area contributed by atoms with Gasteiger partial charge in [0.2, 0.25) is 11.3 Å². The summed E-state index contributed by atoms with van der Waals surface area (Å²) >= 11 is 0. The molecule has 2 fully saturated rings. The monoisotopic (exact) mass is 344 g/mol. The van der Waals surface area contributed by atoms with E-state index in [4.69, 9.17) is 14.6 Å². The first kappa shape index (κ1) is 16.5. The molecule has 7 heteroatoms. The van der Waals surface area contributed by atoms with E-state index in [9.17, 15) is 0 Å². The molecule has 0 saturated carbocycles. The van der Waals surface area contributed by atoms with Crippen LogP contribution in [0.1, 0.15) is 40.5 Å². The second-order valence-electron chi connectivity index (χ2n) is 8.48. The number of anilines is 2. The molecule has 0 aromatic carbocycles. The number of aromatic nitrogens is 4. The van der Waals surface area contributed by atoms with Crippen LogP contribution in [-0.2, 0) is 0 Å². The Morgan fingerprint density at radius 3 is 1.40 bits per heavy atom. The van der Waals surface area contributed by atoms with Crippen LogP contribution in [0.4, 0.5) is 11.6 Å². The van der Waals surface area contributed by atoms with Gasteiger partial charge in [-0.3, -0.25) is 0 Å². The summed E-state index contributed by atoms with van der Waals surface area (Å²) in [6, 6.07) is 0. The fourth-order valence-electron chi connectivity index (χ4n) is 4.72. The molecular weight excluding hydrogens is 316 g/mol. The maximum Gasteiger partial charge on any atom is 0.245 e. The Morgan fingerprint density at radius 2 is 1.04 bits per heavy atom. The van der Waals surface area contributed by atoms with Crippen molar-refractivity contribution >= 4 is 22.9 Å². The zero-order chi connectivity index (χ0) is 17.6. The highest BCUT2D eigenvalue weighted by molar-refractivity contribution is 5.75. The van der Waals surface area contributed by atoms with Crippen molar-refractivity contribution < 1.29 is 4.63 Å². The molecule has 2 aromatic heterocycles. The minimum atomic E-state index is 0.503. The third kappa shape index (κ3) is 3.28. The van der Waals surface area contributed by atoms with Crippen molar-refractivity contribution in [2.75, 3.05) is 36.0 Å². The van der Waals surface area contributed by atoms with Gasteiger partial charge in [-0.1, -0.05) is 27.7 Å². The predicted molar refractivity (Wildman–Crippen MR) is 97.7 cm³/mol. The highest BCUT2D eigenvalue weighted by atomic mass is 16.6. The first-order chi connectivity index (χ1) is 12.0. The standard InChI is InChI=1S/C18H28N6O/c1-11-5-12(2)8-23(7-11)17-18(20-16-15(19-17)21-25-22-16)24-9-13(3)6-14(4)10-24/h11-14H,5-10H2,1-4H3. The highest BCUT2D eigenvalue weighted by Gasteiger charge is 2.31. The molecular formula is C18H28N6O. The number of fused-ring (bicyclic) bond motifs is 1. The van der Waals surface area contributed by atoms with Gasteiger partial charge in [0.05, 0.1) is 0 Å². The van der Waals surface area contributed by atoms with Gasteiger partial charge in [0.15, 0.2) is 11.6 Å². The van der Waals surface area contributed by atoms with E-state index in [1.54, 1.807) is 0 Å². The summed E-state index contributed by atoms with van der Waals surface area (Å²) in [6.07, 6.45) is 2.54. The highest BCUT2D eigenvalue weighted by Crippen LogP contribution is 2.35. The van der Waals surface area contributed by atoms with Crippen LogP contribution in [0.5, 0.6) is 0 Å². The van der Waals surface area contributed by atoms with Crippen LogP contribution >= 0.6 is 0 Å². The van der Waals surface area contributed by atoms with Crippen LogP contribution < -0.4 is 9.80 Å². The molecule has 2 saturated heterocycles. The Balaban J connectivity index is 1.76.